The van der Waals surface area contributed by atoms with Gasteiger partial charge in [0.1, 0.15) is 0 Å². The third-order valence-corrected chi connectivity index (χ3v) is 4.14. The normalized spacial score (nSPS) is 21.7. The Morgan fingerprint density at radius 1 is 1.29 bits per heavy atom. The highest BCUT2D eigenvalue weighted by molar-refractivity contribution is 6.52. The summed E-state index contributed by atoms with van der Waals surface area (Å²) in [4.78, 5) is 4.30. The second kappa shape index (κ2) is 5.75. The van der Waals surface area contributed by atoms with E-state index >= 15 is 0 Å². The van der Waals surface area contributed by atoms with E-state index in [1.165, 1.54) is 0 Å². The Hall–Kier alpha value is -1.43. The maximum Gasteiger partial charge on any atom is 0.487 e. The zero-order chi connectivity index (χ0) is 15.7. The molecule has 21 heavy (non-hydrogen) atoms. The molecule has 112 valence electrons. The molecule has 1 atom stereocenters. The van der Waals surface area contributed by atoms with Crippen molar-refractivity contribution in [3.05, 3.63) is 48.2 Å². The first-order valence-corrected chi connectivity index (χ1v) is 7.13. The van der Waals surface area contributed by atoms with E-state index in [1.54, 1.807) is 12.3 Å². The van der Waals surface area contributed by atoms with Gasteiger partial charge in [-0.25, -0.2) is 0 Å². The Bertz CT molecular complexity index is 539. The van der Waals surface area contributed by atoms with Crippen molar-refractivity contribution in [3.63, 3.8) is 0 Å². The highest BCUT2D eigenvalue weighted by Crippen LogP contribution is 2.36. The van der Waals surface area contributed by atoms with Crippen LogP contribution in [0.5, 0.6) is 0 Å². The summed E-state index contributed by atoms with van der Waals surface area (Å²) in [6, 6.07) is 3.64. The minimum absolute atomic E-state index is 0.183. The van der Waals surface area contributed by atoms with E-state index < -0.39 is 0 Å². The number of aromatic nitrogens is 1. The molecule has 2 rings (SSSR count). The molecule has 2 N–H and O–H groups in total. The molecule has 0 spiro atoms. The average Bonchev–Trinajstić information content (AvgIpc) is 2.64. The Morgan fingerprint density at radius 2 is 1.90 bits per heavy atom. The first-order chi connectivity index (χ1) is 9.75. The molecule has 0 bridgehead atoms. The maximum atomic E-state index is 5.93. The van der Waals surface area contributed by atoms with E-state index in [4.69, 9.17) is 15.0 Å². The van der Waals surface area contributed by atoms with Gasteiger partial charge in [0, 0.05) is 12.2 Å². The second-order valence-electron chi connectivity index (χ2n) is 6.26. The summed E-state index contributed by atoms with van der Waals surface area (Å²) in [5, 5.41) is 0. The summed E-state index contributed by atoms with van der Waals surface area (Å²) in [6.07, 6.45) is 5.33. The van der Waals surface area contributed by atoms with E-state index in [1.807, 2.05) is 51.9 Å². The lowest BCUT2D eigenvalue weighted by molar-refractivity contribution is 0.00578. The number of hydrogen-bond donors (Lipinski definition) is 1. The molecule has 5 heteroatoms. The molecule has 0 amide bonds. The first-order valence-electron chi connectivity index (χ1n) is 7.13. The summed E-state index contributed by atoms with van der Waals surface area (Å²) in [5.74, 6) is 1.88. The highest BCUT2D eigenvalue weighted by Gasteiger charge is 2.49. The Balaban J connectivity index is 2.11. The quantitative estimate of drug-likeness (QED) is 0.683. The van der Waals surface area contributed by atoms with Crippen LogP contribution in [0.4, 0.5) is 0 Å². The molecule has 4 nitrogen and oxygen atoms in total. The van der Waals surface area contributed by atoms with Gasteiger partial charge in [-0.05, 0) is 51.5 Å². The standard InChI is InChI=1S/C16H23BN2O2/c1-6-14(18)12-8-10-19-13(11-12)7-9-17-20-15(2,3)16(4,5)21-17/h6-11,14H,1,18H2,2-5H3/b9-7+/t14-/m1/s1. The van der Waals surface area contributed by atoms with Crippen LogP contribution in [0.15, 0.2) is 37.0 Å². The maximum absolute atomic E-state index is 5.93. The van der Waals surface area contributed by atoms with Crippen molar-refractivity contribution in [3.8, 4) is 0 Å². The fraction of sp³-hybridized carbons (Fsp3) is 0.438. The molecular formula is C16H23BN2O2. The predicted molar refractivity (Wildman–Crippen MR) is 86.5 cm³/mol. The van der Waals surface area contributed by atoms with Crippen LogP contribution >= 0.6 is 0 Å². The molecule has 1 aromatic rings. The smallest absolute Gasteiger partial charge is 0.400 e. The molecule has 0 radical (unpaired) electrons. The van der Waals surface area contributed by atoms with Crippen LogP contribution in [-0.4, -0.2) is 23.3 Å². The zero-order valence-corrected chi connectivity index (χ0v) is 13.2. The summed E-state index contributed by atoms with van der Waals surface area (Å²) < 4.78 is 11.8. The van der Waals surface area contributed by atoms with Gasteiger partial charge in [0.25, 0.3) is 0 Å². The van der Waals surface area contributed by atoms with E-state index in [0.717, 1.165) is 11.3 Å². The van der Waals surface area contributed by atoms with Gasteiger partial charge in [0.2, 0.25) is 0 Å². The van der Waals surface area contributed by atoms with E-state index in [-0.39, 0.29) is 24.4 Å². The van der Waals surface area contributed by atoms with Crippen molar-refractivity contribution < 1.29 is 9.31 Å². The summed E-state index contributed by atoms with van der Waals surface area (Å²) in [6.45, 7) is 11.8. The fourth-order valence-electron chi connectivity index (χ4n) is 2.04. The van der Waals surface area contributed by atoms with Crippen LogP contribution in [0.2, 0.25) is 0 Å². The number of nitrogens with zero attached hydrogens (tertiary/aromatic N) is 1. The van der Waals surface area contributed by atoms with Crippen molar-refractivity contribution in [2.75, 3.05) is 0 Å². The largest absolute Gasteiger partial charge is 0.487 e. The van der Waals surface area contributed by atoms with Crippen molar-refractivity contribution in [2.45, 2.75) is 44.9 Å². The first kappa shape index (κ1) is 16.0. The zero-order valence-electron chi connectivity index (χ0n) is 13.2. The molecular weight excluding hydrogens is 263 g/mol. The molecule has 0 saturated carbocycles. The highest BCUT2D eigenvalue weighted by atomic mass is 16.7. The van der Waals surface area contributed by atoms with Gasteiger partial charge in [0.15, 0.2) is 0 Å². The molecule has 1 fully saturated rings. The molecule has 2 heterocycles. The van der Waals surface area contributed by atoms with Gasteiger partial charge in [-0.2, -0.15) is 0 Å². The lowest BCUT2D eigenvalue weighted by Crippen LogP contribution is -2.41. The van der Waals surface area contributed by atoms with Crippen molar-refractivity contribution in [2.24, 2.45) is 5.73 Å². The topological polar surface area (TPSA) is 57.4 Å². The predicted octanol–water partition coefficient (Wildman–Crippen LogP) is 2.91. The Morgan fingerprint density at radius 3 is 2.48 bits per heavy atom. The minimum Gasteiger partial charge on any atom is -0.400 e. The van der Waals surface area contributed by atoms with Crippen LogP contribution in [-0.2, 0) is 9.31 Å². The molecule has 1 saturated heterocycles. The molecule has 1 aliphatic rings. The van der Waals surface area contributed by atoms with Crippen LogP contribution in [0, 0.1) is 0 Å². The number of nitrogens with two attached hydrogens (primary N) is 1. The van der Waals surface area contributed by atoms with E-state index in [9.17, 15) is 0 Å². The van der Waals surface area contributed by atoms with E-state index in [2.05, 4.69) is 11.6 Å². The van der Waals surface area contributed by atoms with Crippen molar-refractivity contribution in [1.29, 1.82) is 0 Å². The summed E-state index contributed by atoms with van der Waals surface area (Å²) in [7, 11) is -0.367. The lowest BCUT2D eigenvalue weighted by atomic mass is 9.89. The summed E-state index contributed by atoms with van der Waals surface area (Å²) >= 11 is 0. The Kier molecular flexibility index (Phi) is 4.37. The number of rotatable bonds is 4. The molecule has 1 aromatic heterocycles. The van der Waals surface area contributed by atoms with Crippen molar-refractivity contribution >= 4 is 13.2 Å². The second-order valence-corrected chi connectivity index (χ2v) is 6.26. The average molecular weight is 286 g/mol. The fourth-order valence-corrected chi connectivity index (χ4v) is 2.04. The van der Waals surface area contributed by atoms with Gasteiger partial charge < -0.3 is 15.0 Å². The number of pyridine rings is 1. The van der Waals surface area contributed by atoms with Crippen LogP contribution in [0.3, 0.4) is 0 Å². The molecule has 0 unspecified atom stereocenters. The Labute approximate surface area is 127 Å². The third kappa shape index (κ3) is 3.43. The van der Waals surface area contributed by atoms with Crippen LogP contribution in [0.1, 0.15) is 45.0 Å². The minimum atomic E-state index is -0.367. The number of hydrogen-bond acceptors (Lipinski definition) is 4. The van der Waals surface area contributed by atoms with Crippen molar-refractivity contribution in [1.82, 2.24) is 4.98 Å². The van der Waals surface area contributed by atoms with Gasteiger partial charge in [0.05, 0.1) is 16.9 Å². The van der Waals surface area contributed by atoms with E-state index in [0.29, 0.717) is 0 Å². The van der Waals surface area contributed by atoms with Gasteiger partial charge >= 0.3 is 7.12 Å². The van der Waals surface area contributed by atoms with Gasteiger partial charge in [-0.15, -0.1) is 6.58 Å². The molecule has 1 aliphatic heterocycles. The molecule has 0 aliphatic carbocycles. The van der Waals surface area contributed by atoms with Gasteiger partial charge in [-0.1, -0.05) is 12.1 Å². The molecule has 0 aromatic carbocycles. The SMILES string of the molecule is C=C[C@@H](N)c1ccnc(/C=C/B2OC(C)(C)C(C)(C)O2)c1. The lowest BCUT2D eigenvalue weighted by Gasteiger charge is -2.32. The summed E-state index contributed by atoms with van der Waals surface area (Å²) in [5.41, 5.74) is 7.07. The monoisotopic (exact) mass is 286 g/mol. The van der Waals surface area contributed by atoms with Crippen LogP contribution < -0.4 is 5.73 Å². The third-order valence-electron chi connectivity index (χ3n) is 4.14. The van der Waals surface area contributed by atoms with Gasteiger partial charge in [-0.3, -0.25) is 4.98 Å². The van der Waals surface area contributed by atoms with Crippen LogP contribution in [0.25, 0.3) is 6.08 Å².